The van der Waals surface area contributed by atoms with E-state index in [-0.39, 0.29) is 29.0 Å². The van der Waals surface area contributed by atoms with Crippen molar-refractivity contribution in [3.8, 4) is 0 Å². The zero-order valence-corrected chi connectivity index (χ0v) is 20.5. The number of aromatic nitrogens is 1. The number of carbonyl (C=O) groups is 3. The molecule has 4 saturated carbocycles. The van der Waals surface area contributed by atoms with Gasteiger partial charge in [-0.05, 0) is 89.2 Å². The van der Waals surface area contributed by atoms with Gasteiger partial charge in [0.1, 0.15) is 5.69 Å². The Morgan fingerprint density at radius 1 is 1.03 bits per heavy atom. The first-order valence-corrected chi connectivity index (χ1v) is 12.8. The van der Waals surface area contributed by atoms with E-state index in [1.807, 2.05) is 19.1 Å². The van der Waals surface area contributed by atoms with Gasteiger partial charge >= 0.3 is 12.0 Å². The molecule has 8 nitrogen and oxygen atoms in total. The van der Waals surface area contributed by atoms with Gasteiger partial charge in [-0.25, -0.2) is 9.78 Å². The highest BCUT2D eigenvalue weighted by atomic mass is 16.5. The molecule has 0 aromatic carbocycles. The predicted molar refractivity (Wildman–Crippen MR) is 128 cm³/mol. The molecule has 4 fully saturated rings. The Morgan fingerprint density at radius 3 is 2.41 bits per heavy atom. The third kappa shape index (κ3) is 5.88. The van der Waals surface area contributed by atoms with Crippen molar-refractivity contribution in [3.63, 3.8) is 0 Å². The summed E-state index contributed by atoms with van der Waals surface area (Å²) in [5.74, 6) is 0.771. The first kappa shape index (κ1) is 24.5. The number of rotatable bonds is 10. The summed E-state index contributed by atoms with van der Waals surface area (Å²) < 4.78 is 4.94. The third-order valence-electron chi connectivity index (χ3n) is 7.59. The molecule has 4 bridgehead atoms. The number of unbranched alkanes of at least 4 members (excludes halogenated alkanes) is 2. The molecular formula is C26H38N4O4. The number of pyridine rings is 1. The van der Waals surface area contributed by atoms with Crippen molar-refractivity contribution in [1.82, 2.24) is 20.9 Å². The number of nitrogens with zero attached hydrogens (tertiary/aromatic N) is 1. The molecular weight excluding hydrogens is 432 g/mol. The SMILES string of the molecule is CCOC(=O)CCCCCNC(=O)NC12CC3CC(C1)CC(NC(=O)c1cccc(C)n1)(C3)C2. The summed E-state index contributed by atoms with van der Waals surface area (Å²) in [5.41, 5.74) is 0.755. The summed E-state index contributed by atoms with van der Waals surface area (Å²) in [6.45, 7) is 4.69. The molecule has 0 aliphatic heterocycles. The van der Waals surface area contributed by atoms with E-state index < -0.39 is 0 Å². The Morgan fingerprint density at radius 2 is 1.74 bits per heavy atom. The lowest BCUT2D eigenvalue weighted by Crippen LogP contribution is -2.70. The van der Waals surface area contributed by atoms with Crippen LogP contribution < -0.4 is 16.0 Å². The van der Waals surface area contributed by atoms with E-state index in [1.165, 1.54) is 6.42 Å². The standard InChI is InChI=1S/C26H38N4O4/c1-3-34-22(31)10-5-4-6-11-27-24(33)30-26-15-19-12-20(16-26)14-25(13-19,17-26)29-23(32)21-9-7-8-18(2)28-21/h7-9,19-20H,3-6,10-17H2,1-2H3,(H,29,32)(H2,27,30,33). The van der Waals surface area contributed by atoms with Crippen molar-refractivity contribution in [1.29, 1.82) is 0 Å². The Kier molecular flexibility index (Phi) is 7.43. The van der Waals surface area contributed by atoms with Crippen LogP contribution in [0.4, 0.5) is 4.79 Å². The normalized spacial score (nSPS) is 28.9. The molecule has 0 spiro atoms. The lowest BCUT2D eigenvalue weighted by Gasteiger charge is -2.62. The maximum absolute atomic E-state index is 13.0. The van der Waals surface area contributed by atoms with E-state index in [4.69, 9.17) is 4.74 Å². The van der Waals surface area contributed by atoms with Gasteiger partial charge < -0.3 is 20.7 Å². The van der Waals surface area contributed by atoms with Crippen LogP contribution in [0.15, 0.2) is 18.2 Å². The first-order chi connectivity index (χ1) is 16.3. The second kappa shape index (κ2) is 10.3. The number of ether oxygens (including phenoxy) is 1. The quantitative estimate of drug-likeness (QED) is 0.357. The number of nitrogens with one attached hydrogen (secondary N) is 3. The Balaban J connectivity index is 1.28. The zero-order chi connectivity index (χ0) is 24.2. The molecule has 1 aromatic heterocycles. The molecule has 0 saturated heterocycles. The lowest BCUT2D eigenvalue weighted by atomic mass is 9.50. The van der Waals surface area contributed by atoms with Crippen LogP contribution in [0, 0.1) is 18.8 Å². The highest BCUT2D eigenvalue weighted by molar-refractivity contribution is 5.93. The van der Waals surface area contributed by atoms with Gasteiger partial charge in [0.2, 0.25) is 0 Å². The fourth-order valence-corrected chi connectivity index (χ4v) is 6.82. The van der Waals surface area contributed by atoms with Crippen molar-refractivity contribution >= 4 is 17.9 Å². The number of hydrogen-bond acceptors (Lipinski definition) is 5. The van der Waals surface area contributed by atoms with Gasteiger partial charge in [0.25, 0.3) is 5.91 Å². The maximum atomic E-state index is 13.0. The molecule has 0 radical (unpaired) electrons. The minimum atomic E-state index is -0.271. The number of urea groups is 1. The highest BCUT2D eigenvalue weighted by Crippen LogP contribution is 2.57. The van der Waals surface area contributed by atoms with Gasteiger partial charge in [-0.2, -0.15) is 0 Å². The zero-order valence-electron chi connectivity index (χ0n) is 20.5. The Bertz CT molecular complexity index is 904. The molecule has 8 heteroatoms. The first-order valence-electron chi connectivity index (χ1n) is 12.8. The fraction of sp³-hybridized carbons (Fsp3) is 0.692. The number of esters is 1. The summed E-state index contributed by atoms with van der Waals surface area (Å²) in [7, 11) is 0. The molecule has 4 aliphatic rings. The monoisotopic (exact) mass is 470 g/mol. The highest BCUT2D eigenvalue weighted by Gasteiger charge is 2.58. The smallest absolute Gasteiger partial charge is 0.315 e. The molecule has 4 aliphatic carbocycles. The van der Waals surface area contributed by atoms with Gasteiger partial charge in [-0.1, -0.05) is 12.5 Å². The largest absolute Gasteiger partial charge is 0.466 e. The van der Waals surface area contributed by atoms with Crippen molar-refractivity contribution in [2.45, 2.75) is 89.1 Å². The van der Waals surface area contributed by atoms with Crippen LogP contribution in [-0.2, 0) is 9.53 Å². The van der Waals surface area contributed by atoms with Gasteiger partial charge in [-0.15, -0.1) is 0 Å². The summed E-state index contributed by atoms with van der Waals surface area (Å²) in [4.78, 5) is 41.5. The Hall–Kier alpha value is -2.64. The maximum Gasteiger partial charge on any atom is 0.315 e. The minimum absolute atomic E-state index is 0.118. The van der Waals surface area contributed by atoms with Crippen LogP contribution >= 0.6 is 0 Å². The van der Waals surface area contributed by atoms with Gasteiger partial charge in [0, 0.05) is 29.7 Å². The van der Waals surface area contributed by atoms with Crippen LogP contribution in [0.3, 0.4) is 0 Å². The number of aryl methyl sites for hydroxylation is 1. The summed E-state index contributed by atoms with van der Waals surface area (Å²) >= 11 is 0. The van der Waals surface area contributed by atoms with E-state index in [0.717, 1.165) is 57.1 Å². The molecule has 2 unspecified atom stereocenters. The minimum Gasteiger partial charge on any atom is -0.466 e. The average molecular weight is 471 g/mol. The average Bonchev–Trinajstić information content (AvgIpc) is 2.74. The lowest BCUT2D eigenvalue weighted by molar-refractivity contribution is -0.143. The molecule has 1 heterocycles. The van der Waals surface area contributed by atoms with Crippen LogP contribution in [0.2, 0.25) is 0 Å². The molecule has 34 heavy (non-hydrogen) atoms. The fourth-order valence-electron chi connectivity index (χ4n) is 6.82. The van der Waals surface area contributed by atoms with E-state index >= 15 is 0 Å². The third-order valence-corrected chi connectivity index (χ3v) is 7.59. The van der Waals surface area contributed by atoms with Crippen molar-refractivity contribution < 1.29 is 19.1 Å². The number of hydrogen-bond donors (Lipinski definition) is 3. The number of carbonyl (C=O) groups excluding carboxylic acids is 3. The summed E-state index contributed by atoms with van der Waals surface area (Å²) in [5, 5.41) is 9.64. The van der Waals surface area contributed by atoms with E-state index in [9.17, 15) is 14.4 Å². The topological polar surface area (TPSA) is 109 Å². The van der Waals surface area contributed by atoms with Crippen molar-refractivity contribution in [2.75, 3.05) is 13.2 Å². The predicted octanol–water partition coefficient (Wildman–Crippen LogP) is 3.63. The van der Waals surface area contributed by atoms with Crippen molar-refractivity contribution in [3.05, 3.63) is 29.6 Å². The van der Waals surface area contributed by atoms with Crippen LogP contribution in [0.1, 0.15) is 87.3 Å². The molecule has 186 valence electrons. The van der Waals surface area contributed by atoms with Crippen LogP contribution in [-0.4, -0.2) is 47.1 Å². The van der Waals surface area contributed by atoms with E-state index in [0.29, 0.717) is 37.1 Å². The summed E-state index contributed by atoms with van der Waals surface area (Å²) in [6, 6.07) is 5.38. The van der Waals surface area contributed by atoms with Gasteiger partial charge in [0.15, 0.2) is 0 Å². The van der Waals surface area contributed by atoms with E-state index in [2.05, 4.69) is 20.9 Å². The molecule has 3 amide bonds. The number of amides is 3. The molecule has 1 aromatic rings. The Labute approximate surface area is 202 Å². The summed E-state index contributed by atoms with van der Waals surface area (Å²) in [6.07, 6.45) is 8.78. The van der Waals surface area contributed by atoms with Crippen molar-refractivity contribution in [2.24, 2.45) is 11.8 Å². The van der Waals surface area contributed by atoms with Gasteiger partial charge in [-0.3, -0.25) is 9.59 Å². The van der Waals surface area contributed by atoms with E-state index in [1.54, 1.807) is 13.0 Å². The van der Waals surface area contributed by atoms with Crippen LogP contribution in [0.25, 0.3) is 0 Å². The second-order valence-electron chi connectivity index (χ2n) is 10.6. The van der Waals surface area contributed by atoms with Gasteiger partial charge in [0.05, 0.1) is 6.61 Å². The molecule has 3 N–H and O–H groups in total. The van der Waals surface area contributed by atoms with Crippen LogP contribution in [0.5, 0.6) is 0 Å². The second-order valence-corrected chi connectivity index (χ2v) is 10.6. The molecule has 5 rings (SSSR count). The molecule has 2 atom stereocenters.